The van der Waals surface area contributed by atoms with E-state index in [1.54, 1.807) is 0 Å². The van der Waals surface area contributed by atoms with Crippen molar-refractivity contribution in [3.63, 3.8) is 0 Å². The van der Waals surface area contributed by atoms with Crippen molar-refractivity contribution >= 4 is 12.2 Å². The molecule has 0 N–H and O–H groups in total. The Bertz CT molecular complexity index is 375. The number of aliphatic imine (C=N–C) groups is 1. The van der Waals surface area contributed by atoms with Crippen LogP contribution in [-0.2, 0) is 20.9 Å². The predicted molar refractivity (Wildman–Crippen MR) is 59.3 cm³/mol. The van der Waals surface area contributed by atoms with Crippen molar-refractivity contribution in [2.75, 3.05) is 13.2 Å². The zero-order chi connectivity index (χ0) is 11.2. The topological polar surface area (TPSA) is 47.9 Å². The molecule has 1 aromatic rings. The molecular weight excluding hydrogens is 206 g/mol. The van der Waals surface area contributed by atoms with E-state index in [2.05, 4.69) is 4.99 Å². The molecule has 0 aromatic heterocycles. The zero-order valence-electron chi connectivity index (χ0n) is 8.83. The molecule has 2 rings (SSSR count). The average molecular weight is 219 g/mol. The molecule has 16 heavy (non-hydrogen) atoms. The number of carbonyl (C=O) groups is 1. The SMILES string of the molecule is O=C1C=N[C@H](COCc2ccccc2)CO1. The normalized spacial score (nSPS) is 19.5. The van der Waals surface area contributed by atoms with Crippen LogP contribution in [0.4, 0.5) is 0 Å². The van der Waals surface area contributed by atoms with E-state index in [-0.39, 0.29) is 12.0 Å². The van der Waals surface area contributed by atoms with Gasteiger partial charge in [-0.15, -0.1) is 0 Å². The largest absolute Gasteiger partial charge is 0.459 e. The van der Waals surface area contributed by atoms with Crippen LogP contribution in [0.15, 0.2) is 35.3 Å². The monoisotopic (exact) mass is 219 g/mol. The van der Waals surface area contributed by atoms with Gasteiger partial charge in [-0.3, -0.25) is 4.99 Å². The Hall–Kier alpha value is -1.68. The molecular formula is C12H13NO3. The maximum atomic E-state index is 10.7. The summed E-state index contributed by atoms with van der Waals surface area (Å²) in [7, 11) is 0. The summed E-state index contributed by atoms with van der Waals surface area (Å²) in [6.45, 7) is 1.34. The van der Waals surface area contributed by atoms with Gasteiger partial charge in [0.15, 0.2) is 0 Å². The van der Waals surface area contributed by atoms with E-state index >= 15 is 0 Å². The maximum absolute atomic E-state index is 10.7. The van der Waals surface area contributed by atoms with Crippen LogP contribution in [0.1, 0.15) is 5.56 Å². The third-order valence-electron chi connectivity index (χ3n) is 2.23. The average Bonchev–Trinajstić information content (AvgIpc) is 2.33. The predicted octanol–water partition coefficient (Wildman–Crippen LogP) is 1.20. The Kier molecular flexibility index (Phi) is 3.66. The fraction of sp³-hybridized carbons (Fsp3) is 0.333. The fourth-order valence-electron chi connectivity index (χ4n) is 1.40. The van der Waals surface area contributed by atoms with Gasteiger partial charge in [-0.2, -0.15) is 0 Å². The molecule has 1 aliphatic rings. The lowest BCUT2D eigenvalue weighted by molar-refractivity contribution is -0.137. The summed E-state index contributed by atoms with van der Waals surface area (Å²) in [6.07, 6.45) is 1.21. The number of cyclic esters (lactones) is 1. The molecule has 0 spiro atoms. The van der Waals surface area contributed by atoms with Gasteiger partial charge in [-0.25, -0.2) is 4.79 Å². The van der Waals surface area contributed by atoms with Gasteiger partial charge in [0, 0.05) is 0 Å². The summed E-state index contributed by atoms with van der Waals surface area (Å²) in [4.78, 5) is 14.7. The number of esters is 1. The van der Waals surface area contributed by atoms with Crippen LogP contribution in [0.25, 0.3) is 0 Å². The van der Waals surface area contributed by atoms with Crippen molar-refractivity contribution < 1.29 is 14.3 Å². The van der Waals surface area contributed by atoms with Crippen molar-refractivity contribution in [2.45, 2.75) is 12.6 Å². The van der Waals surface area contributed by atoms with E-state index in [9.17, 15) is 4.79 Å². The molecule has 1 aromatic carbocycles. The van der Waals surface area contributed by atoms with Crippen LogP contribution in [0.5, 0.6) is 0 Å². The zero-order valence-corrected chi connectivity index (χ0v) is 8.83. The number of nitrogens with zero attached hydrogens (tertiary/aromatic N) is 1. The van der Waals surface area contributed by atoms with Crippen LogP contribution in [0, 0.1) is 0 Å². The summed E-state index contributed by atoms with van der Waals surface area (Å²) in [5.74, 6) is -0.376. The highest BCUT2D eigenvalue weighted by Crippen LogP contribution is 2.04. The molecule has 0 bridgehead atoms. The van der Waals surface area contributed by atoms with Crippen LogP contribution < -0.4 is 0 Å². The molecule has 1 heterocycles. The van der Waals surface area contributed by atoms with Gasteiger partial charge in [0.05, 0.1) is 13.2 Å². The first-order valence-corrected chi connectivity index (χ1v) is 5.16. The van der Waals surface area contributed by atoms with E-state index in [1.165, 1.54) is 6.21 Å². The second-order valence-electron chi connectivity index (χ2n) is 3.56. The first kappa shape index (κ1) is 10.8. The van der Waals surface area contributed by atoms with Crippen molar-refractivity contribution in [2.24, 2.45) is 4.99 Å². The van der Waals surface area contributed by atoms with Gasteiger partial charge in [-0.1, -0.05) is 30.3 Å². The van der Waals surface area contributed by atoms with E-state index in [1.807, 2.05) is 30.3 Å². The molecule has 0 fully saturated rings. The van der Waals surface area contributed by atoms with Gasteiger partial charge in [0.1, 0.15) is 18.9 Å². The second-order valence-corrected chi connectivity index (χ2v) is 3.56. The maximum Gasteiger partial charge on any atom is 0.349 e. The van der Waals surface area contributed by atoms with Gasteiger partial charge in [0.2, 0.25) is 0 Å². The van der Waals surface area contributed by atoms with Crippen molar-refractivity contribution in [1.29, 1.82) is 0 Å². The molecule has 0 amide bonds. The summed E-state index contributed by atoms with van der Waals surface area (Å²) < 4.78 is 10.3. The Labute approximate surface area is 93.9 Å². The smallest absolute Gasteiger partial charge is 0.349 e. The molecule has 4 nitrogen and oxygen atoms in total. The molecule has 4 heteroatoms. The van der Waals surface area contributed by atoms with E-state index in [0.717, 1.165) is 5.56 Å². The number of hydrogen-bond acceptors (Lipinski definition) is 4. The molecule has 84 valence electrons. The lowest BCUT2D eigenvalue weighted by atomic mass is 10.2. The van der Waals surface area contributed by atoms with Crippen molar-refractivity contribution in [3.05, 3.63) is 35.9 Å². The Morgan fingerprint density at radius 3 is 2.88 bits per heavy atom. The quantitative estimate of drug-likeness (QED) is 0.715. The molecule has 0 radical (unpaired) electrons. The van der Waals surface area contributed by atoms with Gasteiger partial charge >= 0.3 is 5.97 Å². The third-order valence-corrected chi connectivity index (χ3v) is 2.23. The highest BCUT2D eigenvalue weighted by atomic mass is 16.5. The molecule has 1 aliphatic heterocycles. The van der Waals surface area contributed by atoms with Gasteiger partial charge in [0.25, 0.3) is 0 Å². The highest BCUT2D eigenvalue weighted by molar-refractivity contribution is 6.23. The number of carbonyl (C=O) groups excluding carboxylic acids is 1. The first-order chi connectivity index (χ1) is 7.84. The van der Waals surface area contributed by atoms with Crippen LogP contribution in [-0.4, -0.2) is 31.4 Å². The van der Waals surface area contributed by atoms with Gasteiger partial charge < -0.3 is 9.47 Å². The summed E-state index contributed by atoms with van der Waals surface area (Å²) in [5, 5.41) is 0. The Morgan fingerprint density at radius 2 is 2.19 bits per heavy atom. The van der Waals surface area contributed by atoms with E-state index < -0.39 is 0 Å². The second kappa shape index (κ2) is 5.42. The minimum atomic E-state index is -0.376. The van der Waals surface area contributed by atoms with Crippen molar-refractivity contribution in [3.8, 4) is 0 Å². The van der Waals surface area contributed by atoms with Crippen LogP contribution >= 0.6 is 0 Å². The van der Waals surface area contributed by atoms with Crippen LogP contribution in [0.3, 0.4) is 0 Å². The van der Waals surface area contributed by atoms with E-state index in [4.69, 9.17) is 9.47 Å². The first-order valence-electron chi connectivity index (χ1n) is 5.16. The third kappa shape index (κ3) is 3.17. The minimum Gasteiger partial charge on any atom is -0.459 e. The van der Waals surface area contributed by atoms with Crippen molar-refractivity contribution in [1.82, 2.24) is 0 Å². The van der Waals surface area contributed by atoms with Crippen LogP contribution in [0.2, 0.25) is 0 Å². The molecule has 0 saturated heterocycles. The molecule has 1 atom stereocenters. The highest BCUT2D eigenvalue weighted by Gasteiger charge is 2.14. The fourth-order valence-corrected chi connectivity index (χ4v) is 1.40. The standard InChI is InChI=1S/C12H13NO3/c14-12-6-13-11(9-16-12)8-15-7-10-4-2-1-3-5-10/h1-6,11H,7-9H2/t11-/m1/s1. The number of ether oxygens (including phenoxy) is 2. The molecule has 0 aliphatic carbocycles. The Morgan fingerprint density at radius 1 is 1.38 bits per heavy atom. The Balaban J connectivity index is 1.73. The summed E-state index contributed by atoms with van der Waals surface area (Å²) >= 11 is 0. The van der Waals surface area contributed by atoms with Gasteiger partial charge in [-0.05, 0) is 5.56 Å². The van der Waals surface area contributed by atoms with E-state index in [0.29, 0.717) is 19.8 Å². The summed E-state index contributed by atoms with van der Waals surface area (Å²) in [6, 6.07) is 9.85. The summed E-state index contributed by atoms with van der Waals surface area (Å²) in [5.41, 5.74) is 1.12. The number of hydrogen-bond donors (Lipinski definition) is 0. The molecule has 0 saturated carbocycles. The minimum absolute atomic E-state index is 0.0681. The lowest BCUT2D eigenvalue weighted by Gasteiger charge is -2.15. The molecule has 0 unspecified atom stereocenters. The number of rotatable bonds is 4. The lowest BCUT2D eigenvalue weighted by Crippen LogP contribution is -2.27. The number of benzene rings is 1.